The minimum atomic E-state index is -1.65. The number of para-hydroxylation sites is 1. The summed E-state index contributed by atoms with van der Waals surface area (Å²) >= 11 is 1.38. The van der Waals surface area contributed by atoms with Gasteiger partial charge in [-0.1, -0.05) is 60.7 Å². The number of H-pyrrole nitrogens is 1. The summed E-state index contributed by atoms with van der Waals surface area (Å²) in [5.74, 6) is -5.85. The van der Waals surface area contributed by atoms with E-state index in [1.807, 2.05) is 24.3 Å². The van der Waals surface area contributed by atoms with Crippen LogP contribution in [0.3, 0.4) is 0 Å². The largest absolute Gasteiger partial charge is 0.508 e. The number of aliphatic carboxylic acids is 1. The van der Waals surface area contributed by atoms with E-state index >= 15 is 0 Å². The predicted molar refractivity (Wildman–Crippen MR) is 236 cm³/mol. The van der Waals surface area contributed by atoms with Crippen molar-refractivity contribution < 1.29 is 48.6 Å². The molecule has 336 valence electrons. The Labute approximate surface area is 368 Å². The number of carbonyl (C=O) groups excluding carboxylic acids is 7. The minimum Gasteiger partial charge on any atom is -0.508 e. The number of fused-ring (bicyclic) bond motifs is 1. The van der Waals surface area contributed by atoms with Gasteiger partial charge in [0, 0.05) is 56.3 Å². The number of nitrogens with two attached hydrogens (primary N) is 1. The lowest BCUT2D eigenvalue weighted by Gasteiger charge is -2.26. The highest BCUT2D eigenvalue weighted by Gasteiger charge is 2.32. The number of rotatable bonds is 25. The van der Waals surface area contributed by atoms with E-state index in [2.05, 4.69) is 36.9 Å². The number of phenolic OH excluding ortho intramolecular Hbond substituents is 1. The number of amides is 7. The predicted octanol–water partition coefficient (Wildman–Crippen LogP) is 0.955. The number of aromatic amines is 1. The Kier molecular flexibility index (Phi) is 19.0. The van der Waals surface area contributed by atoms with E-state index in [0.29, 0.717) is 22.4 Å². The van der Waals surface area contributed by atoms with Crippen molar-refractivity contribution in [2.24, 2.45) is 5.73 Å². The minimum absolute atomic E-state index is 0.00477. The second-order valence-electron chi connectivity index (χ2n) is 14.9. The van der Waals surface area contributed by atoms with Gasteiger partial charge in [0.05, 0.1) is 6.42 Å². The normalized spacial score (nSPS) is 13.3. The molecule has 1 aromatic heterocycles. The van der Waals surface area contributed by atoms with Gasteiger partial charge in [0.15, 0.2) is 0 Å². The molecule has 0 aliphatic heterocycles. The molecule has 0 aliphatic rings. The molecule has 0 bridgehead atoms. The Morgan fingerprint density at radius 2 is 1.27 bits per heavy atom. The van der Waals surface area contributed by atoms with Crippen LogP contribution in [0.4, 0.5) is 0 Å². The molecule has 0 aliphatic carbocycles. The van der Waals surface area contributed by atoms with Crippen LogP contribution in [0.2, 0.25) is 0 Å². The Morgan fingerprint density at radius 3 is 1.94 bits per heavy atom. The molecule has 0 radical (unpaired) electrons. The first-order valence-electron chi connectivity index (χ1n) is 20.3. The number of phenols is 1. The molecule has 0 spiro atoms. The fourth-order valence-corrected chi connectivity index (χ4v) is 7.15. The molecule has 7 amide bonds. The van der Waals surface area contributed by atoms with Crippen LogP contribution >= 0.6 is 11.8 Å². The molecule has 3 aromatic carbocycles. The number of primary amides is 1. The van der Waals surface area contributed by atoms with Gasteiger partial charge in [0.2, 0.25) is 41.4 Å². The quantitative estimate of drug-likeness (QED) is 0.0418. The summed E-state index contributed by atoms with van der Waals surface area (Å²) in [5, 5.41) is 35.7. The molecule has 18 nitrogen and oxygen atoms in total. The van der Waals surface area contributed by atoms with E-state index in [1.54, 1.807) is 54.9 Å². The third-order valence-corrected chi connectivity index (χ3v) is 10.5. The van der Waals surface area contributed by atoms with Crippen molar-refractivity contribution in [2.45, 2.75) is 82.1 Å². The van der Waals surface area contributed by atoms with Crippen molar-refractivity contribution in [1.82, 2.24) is 36.9 Å². The zero-order valence-corrected chi connectivity index (χ0v) is 35.8. The molecule has 11 N–H and O–H groups in total. The Balaban J connectivity index is 1.45. The van der Waals surface area contributed by atoms with Gasteiger partial charge in [-0.2, -0.15) is 11.8 Å². The van der Waals surface area contributed by atoms with Gasteiger partial charge >= 0.3 is 5.97 Å². The van der Waals surface area contributed by atoms with E-state index in [0.717, 1.165) is 10.9 Å². The lowest BCUT2D eigenvalue weighted by atomic mass is 10.0. The van der Waals surface area contributed by atoms with Gasteiger partial charge in [0.25, 0.3) is 0 Å². The highest BCUT2D eigenvalue weighted by Crippen LogP contribution is 2.20. The number of hydrogen-bond donors (Lipinski definition) is 10. The highest BCUT2D eigenvalue weighted by atomic mass is 32.2. The van der Waals surface area contributed by atoms with Crippen LogP contribution in [-0.2, 0) is 57.6 Å². The van der Waals surface area contributed by atoms with Gasteiger partial charge in [-0.05, 0) is 59.7 Å². The Hall–Kier alpha value is -6.89. The van der Waals surface area contributed by atoms with Crippen LogP contribution in [0.5, 0.6) is 5.75 Å². The van der Waals surface area contributed by atoms with Crippen molar-refractivity contribution in [3.05, 3.63) is 102 Å². The van der Waals surface area contributed by atoms with E-state index < -0.39 is 83.9 Å². The maximum atomic E-state index is 14.1. The van der Waals surface area contributed by atoms with E-state index in [-0.39, 0.29) is 50.8 Å². The van der Waals surface area contributed by atoms with E-state index in [1.165, 1.54) is 30.8 Å². The molecule has 5 atom stereocenters. The average molecular weight is 887 g/mol. The highest BCUT2D eigenvalue weighted by molar-refractivity contribution is 7.98. The van der Waals surface area contributed by atoms with Gasteiger partial charge in [0.1, 0.15) is 36.0 Å². The molecule has 0 saturated carbocycles. The van der Waals surface area contributed by atoms with Crippen molar-refractivity contribution in [3.63, 3.8) is 0 Å². The molecular weight excluding hydrogens is 833 g/mol. The molecule has 0 unspecified atom stereocenters. The van der Waals surface area contributed by atoms with Crippen LogP contribution in [0, 0.1) is 0 Å². The zero-order valence-electron chi connectivity index (χ0n) is 35.0. The Morgan fingerprint density at radius 1 is 0.683 bits per heavy atom. The van der Waals surface area contributed by atoms with Crippen LogP contribution in [0.15, 0.2) is 85.1 Å². The number of aromatic nitrogens is 1. The van der Waals surface area contributed by atoms with Crippen LogP contribution < -0.4 is 37.6 Å². The van der Waals surface area contributed by atoms with Crippen molar-refractivity contribution >= 4 is 70.0 Å². The number of carbonyl (C=O) groups is 8. The maximum absolute atomic E-state index is 14.1. The summed E-state index contributed by atoms with van der Waals surface area (Å²) in [4.78, 5) is 107. The third-order valence-electron chi connectivity index (χ3n) is 9.90. The fourth-order valence-electron chi connectivity index (χ4n) is 6.68. The second-order valence-corrected chi connectivity index (χ2v) is 15.8. The zero-order chi connectivity index (χ0) is 45.9. The number of hydrogen-bond acceptors (Lipinski definition) is 10. The first kappa shape index (κ1) is 48.8. The molecule has 4 aromatic rings. The van der Waals surface area contributed by atoms with Crippen LogP contribution in [-0.4, -0.2) is 111 Å². The molecule has 1 heterocycles. The molecule has 0 fully saturated rings. The summed E-state index contributed by atoms with van der Waals surface area (Å²) in [6.07, 6.45) is 2.95. The standard InChI is InChI=1S/C44H54N8O10S/c1-26(53)48-35(22-28-14-16-30(54)17-15-28)41(59)46-19-8-13-38(55)49-36(23-29-25-47-32-12-7-6-11-31(29)32)43(61)50-33(18-20-63-2)42(60)52-37(24-39(56)57)44(62)51-34(40(45)58)21-27-9-4-3-5-10-27/h3-7,9-12,14-17,25,33-37,47,54H,8,13,18-24H2,1-2H3,(H2,45,58)(H,46,59)(H,48,53)(H,49,55)(H,50,61)(H,51,62)(H,52,60)(H,56,57)/t33-,34-,35-,36-,37-/m0/s1. The number of carboxylic acids is 1. The lowest BCUT2D eigenvalue weighted by molar-refractivity contribution is -0.141. The number of nitrogens with one attached hydrogen (secondary N) is 7. The first-order chi connectivity index (χ1) is 30.1. The summed E-state index contributed by atoms with van der Waals surface area (Å²) in [7, 11) is 0. The molecule has 4 rings (SSSR count). The van der Waals surface area contributed by atoms with E-state index in [9.17, 15) is 48.6 Å². The van der Waals surface area contributed by atoms with Crippen molar-refractivity contribution in [3.8, 4) is 5.75 Å². The van der Waals surface area contributed by atoms with Crippen LogP contribution in [0.1, 0.15) is 49.3 Å². The number of benzene rings is 3. The maximum Gasteiger partial charge on any atom is 0.305 e. The summed E-state index contributed by atoms with van der Waals surface area (Å²) in [6.45, 7) is 1.35. The average Bonchev–Trinajstić information content (AvgIpc) is 3.65. The summed E-state index contributed by atoms with van der Waals surface area (Å²) in [5.41, 5.74) is 8.42. The smallest absolute Gasteiger partial charge is 0.305 e. The number of carboxylic acid groups (broad SMARTS) is 1. The van der Waals surface area contributed by atoms with Gasteiger partial charge in [-0.25, -0.2) is 0 Å². The lowest BCUT2D eigenvalue weighted by Crippen LogP contribution is -2.59. The summed E-state index contributed by atoms with van der Waals surface area (Å²) < 4.78 is 0. The number of aromatic hydroxyl groups is 1. The van der Waals surface area contributed by atoms with Crippen molar-refractivity contribution in [2.75, 3.05) is 18.6 Å². The first-order valence-corrected chi connectivity index (χ1v) is 21.6. The van der Waals surface area contributed by atoms with Crippen LogP contribution in [0.25, 0.3) is 10.9 Å². The van der Waals surface area contributed by atoms with Gasteiger partial charge < -0.3 is 52.8 Å². The van der Waals surface area contributed by atoms with E-state index in [4.69, 9.17) is 5.73 Å². The third kappa shape index (κ3) is 16.1. The molecule has 19 heteroatoms. The monoisotopic (exact) mass is 886 g/mol. The molecule has 0 saturated heterocycles. The second kappa shape index (κ2) is 24.5. The molecular formula is C44H54N8O10S. The van der Waals surface area contributed by atoms with Crippen molar-refractivity contribution in [1.29, 1.82) is 0 Å². The summed E-state index contributed by atoms with van der Waals surface area (Å²) in [6, 6.07) is 16.0. The van der Waals surface area contributed by atoms with Gasteiger partial charge in [-0.3, -0.25) is 38.4 Å². The Bertz CT molecular complexity index is 2220. The van der Waals surface area contributed by atoms with Gasteiger partial charge in [-0.15, -0.1) is 0 Å². The molecule has 63 heavy (non-hydrogen) atoms. The topological polar surface area (TPSA) is 291 Å². The number of thioether (sulfide) groups is 1. The fraction of sp³-hybridized carbons (Fsp3) is 0.364. The SMILES string of the molecule is CSCC[C@H](NC(=O)[C@H](Cc1c[nH]c2ccccc12)NC(=O)CCCNC(=O)[C@H](Cc1ccc(O)cc1)NC(C)=O)C(=O)N[C@@H](CC(=O)O)C(=O)N[C@@H](Cc1ccccc1)C(N)=O.